The van der Waals surface area contributed by atoms with Crippen molar-refractivity contribution in [2.24, 2.45) is 5.92 Å². The first-order chi connectivity index (χ1) is 9.70. The third kappa shape index (κ3) is 4.24. The van der Waals surface area contributed by atoms with E-state index < -0.39 is 0 Å². The molecule has 0 radical (unpaired) electrons. The molecule has 1 aliphatic rings. The molecule has 0 spiro atoms. The Morgan fingerprint density at radius 1 is 1.30 bits per heavy atom. The Kier molecular flexibility index (Phi) is 5.91. The van der Waals surface area contributed by atoms with Crippen LogP contribution in [0.15, 0.2) is 23.4 Å². The van der Waals surface area contributed by atoms with Crippen molar-refractivity contribution in [3.8, 4) is 6.07 Å². The fourth-order valence-corrected chi connectivity index (χ4v) is 4.19. The molecule has 0 N–H and O–H groups in total. The van der Waals surface area contributed by atoms with Crippen LogP contribution >= 0.6 is 11.8 Å². The zero-order chi connectivity index (χ0) is 14.4. The van der Waals surface area contributed by atoms with Crippen molar-refractivity contribution >= 4 is 11.8 Å². The van der Waals surface area contributed by atoms with Gasteiger partial charge in [0.2, 0.25) is 0 Å². The molecule has 1 fully saturated rings. The van der Waals surface area contributed by atoms with E-state index in [1.54, 1.807) is 0 Å². The van der Waals surface area contributed by atoms with Crippen LogP contribution in [0, 0.1) is 17.2 Å². The van der Waals surface area contributed by atoms with E-state index in [0.29, 0.717) is 18.3 Å². The summed E-state index contributed by atoms with van der Waals surface area (Å²) in [5.74, 6) is 0.783. The minimum absolute atomic E-state index is 0.305. The second-order valence-corrected chi connectivity index (χ2v) is 7.42. The molecule has 20 heavy (non-hydrogen) atoms. The summed E-state index contributed by atoms with van der Waals surface area (Å²) in [6.45, 7) is 4.37. The molecule has 3 heteroatoms. The fraction of sp³-hybridized carbons (Fsp3) is 0.647. The van der Waals surface area contributed by atoms with Crippen LogP contribution in [0.5, 0.6) is 0 Å². The Labute approximate surface area is 127 Å². The summed E-state index contributed by atoms with van der Waals surface area (Å²) in [7, 11) is 0. The lowest BCUT2D eigenvalue weighted by atomic mass is 9.87. The lowest BCUT2D eigenvalue weighted by Gasteiger charge is -2.22. The number of thioether (sulfide) groups is 1. The second-order valence-electron chi connectivity index (χ2n) is 6.04. The van der Waals surface area contributed by atoms with Gasteiger partial charge in [-0.1, -0.05) is 33.1 Å². The predicted molar refractivity (Wildman–Crippen MR) is 84.8 cm³/mol. The Balaban J connectivity index is 2.08. The maximum Gasteiger partial charge on any atom is 0.0628 e. The van der Waals surface area contributed by atoms with Crippen LogP contribution in [-0.4, -0.2) is 10.2 Å². The van der Waals surface area contributed by atoms with Crippen LogP contribution in [-0.2, 0) is 0 Å². The van der Waals surface area contributed by atoms with E-state index in [0.717, 1.165) is 5.25 Å². The summed E-state index contributed by atoms with van der Waals surface area (Å²) in [5, 5.41) is 9.76. The molecule has 2 nitrogen and oxygen atoms in total. The van der Waals surface area contributed by atoms with Crippen LogP contribution in [0.3, 0.4) is 0 Å². The number of hydrogen-bond acceptors (Lipinski definition) is 3. The van der Waals surface area contributed by atoms with Crippen LogP contribution < -0.4 is 0 Å². The highest BCUT2D eigenvalue weighted by atomic mass is 32.2. The molecule has 1 atom stereocenters. The zero-order valence-corrected chi connectivity index (χ0v) is 13.3. The smallest absolute Gasteiger partial charge is 0.0628 e. The van der Waals surface area contributed by atoms with Gasteiger partial charge in [0.1, 0.15) is 0 Å². The molecule has 1 aliphatic carbocycles. The standard InChI is InChI=1S/C17H24N2S/c1-13(2)17(8-9-18)14-10-16(12-19-11-14)20-15-6-4-3-5-7-15/h10-13,15,17H,3-8H2,1-2H3. The lowest BCUT2D eigenvalue weighted by Crippen LogP contribution is -2.09. The molecule has 0 bridgehead atoms. The molecular formula is C17H24N2S. The van der Waals surface area contributed by atoms with Gasteiger partial charge in [-0.3, -0.25) is 4.98 Å². The first kappa shape index (κ1) is 15.4. The van der Waals surface area contributed by atoms with Gasteiger partial charge in [-0.05, 0) is 30.4 Å². The van der Waals surface area contributed by atoms with Crippen LogP contribution in [0.2, 0.25) is 0 Å². The molecule has 0 saturated heterocycles. The Morgan fingerprint density at radius 3 is 2.70 bits per heavy atom. The van der Waals surface area contributed by atoms with E-state index in [9.17, 15) is 0 Å². The van der Waals surface area contributed by atoms with Gasteiger partial charge in [0, 0.05) is 34.9 Å². The maximum absolute atomic E-state index is 9.00. The van der Waals surface area contributed by atoms with E-state index >= 15 is 0 Å². The van der Waals surface area contributed by atoms with Gasteiger partial charge in [-0.15, -0.1) is 11.8 Å². The van der Waals surface area contributed by atoms with Gasteiger partial charge in [-0.25, -0.2) is 0 Å². The normalized spacial score (nSPS) is 17.9. The van der Waals surface area contributed by atoms with Crippen molar-refractivity contribution in [3.05, 3.63) is 24.0 Å². The zero-order valence-electron chi connectivity index (χ0n) is 12.5. The molecule has 1 saturated carbocycles. The average molecular weight is 288 g/mol. The minimum atomic E-state index is 0.305. The summed E-state index contributed by atoms with van der Waals surface area (Å²) >= 11 is 1.98. The predicted octanol–water partition coefficient (Wildman–Crippen LogP) is 5.16. The van der Waals surface area contributed by atoms with Crippen molar-refractivity contribution < 1.29 is 0 Å². The third-order valence-electron chi connectivity index (χ3n) is 4.13. The molecule has 2 rings (SSSR count). The van der Waals surface area contributed by atoms with Crippen molar-refractivity contribution in [2.45, 2.75) is 68.4 Å². The topological polar surface area (TPSA) is 36.7 Å². The lowest BCUT2D eigenvalue weighted by molar-refractivity contribution is 0.503. The highest BCUT2D eigenvalue weighted by Gasteiger charge is 2.18. The van der Waals surface area contributed by atoms with Crippen molar-refractivity contribution in [2.75, 3.05) is 0 Å². The number of nitrogens with zero attached hydrogens (tertiary/aromatic N) is 2. The van der Waals surface area contributed by atoms with Crippen molar-refractivity contribution in [1.82, 2.24) is 4.98 Å². The number of aromatic nitrogens is 1. The molecule has 1 aromatic rings. The molecule has 1 unspecified atom stereocenters. The average Bonchev–Trinajstić information content (AvgIpc) is 2.46. The third-order valence-corrected chi connectivity index (χ3v) is 5.43. The SMILES string of the molecule is CC(C)C(CC#N)c1cncc(SC2CCCCC2)c1. The number of rotatable bonds is 5. The summed E-state index contributed by atoms with van der Waals surface area (Å²) in [6, 6.07) is 4.57. The Bertz CT molecular complexity index is 458. The molecule has 1 aromatic heterocycles. The monoisotopic (exact) mass is 288 g/mol. The van der Waals surface area contributed by atoms with E-state index in [2.05, 4.69) is 31.0 Å². The van der Waals surface area contributed by atoms with Gasteiger partial charge in [0.15, 0.2) is 0 Å². The molecule has 0 aliphatic heterocycles. The molecule has 0 amide bonds. The van der Waals surface area contributed by atoms with Crippen molar-refractivity contribution in [1.29, 1.82) is 5.26 Å². The van der Waals surface area contributed by atoms with E-state index in [1.807, 2.05) is 24.2 Å². The van der Waals surface area contributed by atoms with Crippen LogP contribution in [0.1, 0.15) is 63.9 Å². The molecule has 108 valence electrons. The van der Waals surface area contributed by atoms with E-state index in [-0.39, 0.29) is 0 Å². The summed E-state index contributed by atoms with van der Waals surface area (Å²) in [6.07, 6.45) is 11.3. The summed E-state index contributed by atoms with van der Waals surface area (Å²) < 4.78 is 0. The summed E-state index contributed by atoms with van der Waals surface area (Å²) in [5.41, 5.74) is 1.22. The van der Waals surface area contributed by atoms with Crippen LogP contribution in [0.4, 0.5) is 0 Å². The largest absolute Gasteiger partial charge is 0.263 e. The maximum atomic E-state index is 9.00. The van der Waals surface area contributed by atoms with E-state index in [4.69, 9.17) is 5.26 Å². The molecule has 0 aromatic carbocycles. The first-order valence-corrected chi connectivity index (χ1v) is 8.57. The van der Waals surface area contributed by atoms with Gasteiger partial charge in [0.25, 0.3) is 0 Å². The van der Waals surface area contributed by atoms with Gasteiger partial charge >= 0.3 is 0 Å². The van der Waals surface area contributed by atoms with Gasteiger partial charge in [-0.2, -0.15) is 5.26 Å². The molecular weight excluding hydrogens is 264 g/mol. The Hall–Kier alpha value is -1.01. The summed E-state index contributed by atoms with van der Waals surface area (Å²) in [4.78, 5) is 5.68. The Morgan fingerprint density at radius 2 is 2.05 bits per heavy atom. The highest BCUT2D eigenvalue weighted by Crippen LogP contribution is 2.35. The second kappa shape index (κ2) is 7.69. The number of pyridine rings is 1. The van der Waals surface area contributed by atoms with Gasteiger partial charge in [0.05, 0.1) is 6.07 Å². The fourth-order valence-electron chi connectivity index (χ4n) is 2.92. The number of nitriles is 1. The highest BCUT2D eigenvalue weighted by molar-refractivity contribution is 8.00. The first-order valence-electron chi connectivity index (χ1n) is 7.69. The minimum Gasteiger partial charge on any atom is -0.263 e. The molecule has 1 heterocycles. The van der Waals surface area contributed by atoms with Gasteiger partial charge < -0.3 is 0 Å². The number of hydrogen-bond donors (Lipinski definition) is 0. The quantitative estimate of drug-likeness (QED) is 0.751. The van der Waals surface area contributed by atoms with Crippen LogP contribution in [0.25, 0.3) is 0 Å². The van der Waals surface area contributed by atoms with Crippen molar-refractivity contribution in [3.63, 3.8) is 0 Å². The van der Waals surface area contributed by atoms with E-state index in [1.165, 1.54) is 42.6 Å².